The van der Waals surface area contributed by atoms with Crippen LogP contribution in [0.1, 0.15) is 24.8 Å². The summed E-state index contributed by atoms with van der Waals surface area (Å²) in [6.07, 6.45) is 2.63. The Labute approximate surface area is 154 Å². The molecule has 2 atom stereocenters. The molecule has 1 amide bonds. The minimum atomic E-state index is 0. The molecule has 0 spiro atoms. The Bertz CT molecular complexity index is 688. The zero-order chi connectivity index (χ0) is 16.2. The number of benzene rings is 2. The molecule has 0 radical (unpaired) electrons. The van der Waals surface area contributed by atoms with Gasteiger partial charge in [0, 0.05) is 23.5 Å². The van der Waals surface area contributed by atoms with Crippen LogP contribution in [0.15, 0.2) is 48.5 Å². The van der Waals surface area contributed by atoms with E-state index in [4.69, 9.17) is 17.3 Å². The number of carbonyl (C=O) groups is 1. The fourth-order valence-electron chi connectivity index (χ4n) is 3.17. The van der Waals surface area contributed by atoms with Gasteiger partial charge in [-0.1, -0.05) is 48.0 Å². The van der Waals surface area contributed by atoms with E-state index < -0.39 is 0 Å². The van der Waals surface area contributed by atoms with E-state index in [-0.39, 0.29) is 30.3 Å². The lowest BCUT2D eigenvalue weighted by atomic mass is 9.99. The van der Waals surface area contributed by atoms with E-state index in [2.05, 4.69) is 11.4 Å². The SMILES string of the molecule is Cl.NC1CCC(C(=O)NCc2ccccc2-c2ccc(Cl)cc2)C1. The van der Waals surface area contributed by atoms with E-state index in [9.17, 15) is 4.79 Å². The molecule has 1 fully saturated rings. The summed E-state index contributed by atoms with van der Waals surface area (Å²) in [6, 6.07) is 16.0. The van der Waals surface area contributed by atoms with Crippen molar-refractivity contribution in [1.82, 2.24) is 5.32 Å². The van der Waals surface area contributed by atoms with E-state index in [1.807, 2.05) is 42.5 Å². The predicted octanol–water partition coefficient (Wildman–Crippen LogP) is 4.17. The standard InChI is InChI=1S/C19H21ClN2O.ClH/c20-16-8-5-13(6-9-16)18-4-2-1-3-15(18)12-22-19(23)14-7-10-17(21)11-14;/h1-6,8-9,14,17H,7,10-12,21H2,(H,22,23);1H. The number of nitrogens with two attached hydrogens (primary N) is 1. The Balaban J connectivity index is 0.00000208. The molecular weight excluding hydrogens is 343 g/mol. The van der Waals surface area contributed by atoms with Crippen molar-refractivity contribution >= 4 is 29.9 Å². The Hall–Kier alpha value is -1.55. The summed E-state index contributed by atoms with van der Waals surface area (Å²) >= 11 is 5.96. The smallest absolute Gasteiger partial charge is 0.223 e. The van der Waals surface area contributed by atoms with Crippen LogP contribution in [-0.2, 0) is 11.3 Å². The van der Waals surface area contributed by atoms with Gasteiger partial charge in [0.05, 0.1) is 0 Å². The molecule has 0 aliphatic heterocycles. The Morgan fingerprint density at radius 3 is 2.50 bits per heavy atom. The van der Waals surface area contributed by atoms with Crippen LogP contribution in [0.25, 0.3) is 11.1 Å². The van der Waals surface area contributed by atoms with Crippen LogP contribution in [-0.4, -0.2) is 11.9 Å². The van der Waals surface area contributed by atoms with Crippen molar-refractivity contribution in [3.63, 3.8) is 0 Å². The lowest BCUT2D eigenvalue weighted by molar-refractivity contribution is -0.125. The van der Waals surface area contributed by atoms with Gasteiger partial charge in [0.15, 0.2) is 0 Å². The molecule has 5 heteroatoms. The summed E-state index contributed by atoms with van der Waals surface area (Å²) < 4.78 is 0. The molecule has 0 aromatic heterocycles. The summed E-state index contributed by atoms with van der Waals surface area (Å²) in [6.45, 7) is 0.531. The molecule has 128 valence electrons. The second-order valence-corrected chi connectivity index (χ2v) is 6.59. The number of rotatable bonds is 4. The summed E-state index contributed by atoms with van der Waals surface area (Å²) in [5, 5.41) is 3.78. The van der Waals surface area contributed by atoms with Gasteiger partial charge in [0.25, 0.3) is 0 Å². The first-order valence-corrected chi connectivity index (χ1v) is 8.38. The van der Waals surface area contributed by atoms with E-state index >= 15 is 0 Å². The maximum absolute atomic E-state index is 12.3. The number of hydrogen-bond acceptors (Lipinski definition) is 2. The maximum Gasteiger partial charge on any atom is 0.223 e. The third-order valence-electron chi connectivity index (χ3n) is 4.47. The number of carbonyl (C=O) groups excluding carboxylic acids is 1. The fraction of sp³-hybridized carbons (Fsp3) is 0.316. The van der Waals surface area contributed by atoms with E-state index in [0.717, 1.165) is 41.0 Å². The van der Waals surface area contributed by atoms with Crippen LogP contribution in [0.3, 0.4) is 0 Å². The van der Waals surface area contributed by atoms with Gasteiger partial charge in [-0.25, -0.2) is 0 Å². The topological polar surface area (TPSA) is 55.1 Å². The molecule has 1 saturated carbocycles. The molecule has 3 rings (SSSR count). The van der Waals surface area contributed by atoms with E-state index in [1.54, 1.807) is 0 Å². The molecule has 0 saturated heterocycles. The average Bonchev–Trinajstić information content (AvgIpc) is 3.00. The molecule has 0 bridgehead atoms. The first kappa shape index (κ1) is 18.8. The van der Waals surface area contributed by atoms with Gasteiger partial charge in [-0.15, -0.1) is 12.4 Å². The van der Waals surface area contributed by atoms with Crippen LogP contribution in [0, 0.1) is 5.92 Å². The molecule has 1 aliphatic rings. The van der Waals surface area contributed by atoms with Gasteiger partial charge in [0.2, 0.25) is 5.91 Å². The highest BCUT2D eigenvalue weighted by atomic mass is 35.5. The maximum atomic E-state index is 12.3. The normalized spacial score (nSPS) is 19.6. The minimum absolute atomic E-state index is 0. The van der Waals surface area contributed by atoms with Crippen molar-refractivity contribution in [1.29, 1.82) is 0 Å². The summed E-state index contributed by atoms with van der Waals surface area (Å²) in [4.78, 5) is 12.3. The van der Waals surface area contributed by atoms with Crippen LogP contribution in [0.2, 0.25) is 5.02 Å². The first-order chi connectivity index (χ1) is 11.1. The molecule has 2 aromatic rings. The van der Waals surface area contributed by atoms with Crippen molar-refractivity contribution in [2.24, 2.45) is 11.7 Å². The van der Waals surface area contributed by atoms with Crippen LogP contribution >= 0.6 is 24.0 Å². The largest absolute Gasteiger partial charge is 0.352 e. The number of amides is 1. The van der Waals surface area contributed by atoms with E-state index in [1.165, 1.54) is 0 Å². The zero-order valence-electron chi connectivity index (χ0n) is 13.4. The minimum Gasteiger partial charge on any atom is -0.352 e. The average molecular weight is 365 g/mol. The molecule has 3 N–H and O–H groups in total. The van der Waals surface area contributed by atoms with Gasteiger partial charge < -0.3 is 11.1 Å². The lowest BCUT2D eigenvalue weighted by Gasteiger charge is -2.14. The third kappa shape index (κ3) is 4.50. The van der Waals surface area contributed by atoms with Gasteiger partial charge in [-0.2, -0.15) is 0 Å². The first-order valence-electron chi connectivity index (χ1n) is 8.00. The zero-order valence-corrected chi connectivity index (χ0v) is 14.9. The summed E-state index contributed by atoms with van der Waals surface area (Å²) in [7, 11) is 0. The number of nitrogens with one attached hydrogen (secondary N) is 1. The second kappa shape index (κ2) is 8.52. The van der Waals surface area contributed by atoms with Gasteiger partial charge in [-0.3, -0.25) is 4.79 Å². The van der Waals surface area contributed by atoms with Crippen LogP contribution < -0.4 is 11.1 Å². The fourth-order valence-corrected chi connectivity index (χ4v) is 3.29. The Morgan fingerprint density at radius 2 is 1.83 bits per heavy atom. The van der Waals surface area contributed by atoms with Crippen molar-refractivity contribution in [3.8, 4) is 11.1 Å². The van der Waals surface area contributed by atoms with Crippen molar-refractivity contribution in [2.45, 2.75) is 31.8 Å². The van der Waals surface area contributed by atoms with Crippen molar-refractivity contribution in [2.75, 3.05) is 0 Å². The molecule has 2 unspecified atom stereocenters. The highest BCUT2D eigenvalue weighted by Gasteiger charge is 2.27. The third-order valence-corrected chi connectivity index (χ3v) is 4.72. The van der Waals surface area contributed by atoms with Crippen LogP contribution in [0.5, 0.6) is 0 Å². The van der Waals surface area contributed by atoms with Crippen LogP contribution in [0.4, 0.5) is 0 Å². The van der Waals surface area contributed by atoms with Gasteiger partial charge in [0.1, 0.15) is 0 Å². The molecular formula is C19H22Cl2N2O. The monoisotopic (exact) mass is 364 g/mol. The summed E-state index contributed by atoms with van der Waals surface area (Å²) in [5.41, 5.74) is 9.21. The van der Waals surface area contributed by atoms with Gasteiger partial charge >= 0.3 is 0 Å². The van der Waals surface area contributed by atoms with Crippen molar-refractivity contribution in [3.05, 3.63) is 59.1 Å². The molecule has 3 nitrogen and oxygen atoms in total. The molecule has 0 heterocycles. The number of hydrogen-bond donors (Lipinski definition) is 2. The molecule has 24 heavy (non-hydrogen) atoms. The quantitative estimate of drug-likeness (QED) is 0.854. The van der Waals surface area contributed by atoms with Gasteiger partial charge in [-0.05, 0) is 48.1 Å². The van der Waals surface area contributed by atoms with E-state index in [0.29, 0.717) is 6.54 Å². The predicted molar refractivity (Wildman–Crippen MR) is 101 cm³/mol. The highest BCUT2D eigenvalue weighted by Crippen LogP contribution is 2.26. The lowest BCUT2D eigenvalue weighted by Crippen LogP contribution is -2.30. The van der Waals surface area contributed by atoms with Crippen molar-refractivity contribution < 1.29 is 4.79 Å². The Kier molecular flexibility index (Phi) is 6.67. The number of halogens is 2. The highest BCUT2D eigenvalue weighted by molar-refractivity contribution is 6.30. The Morgan fingerprint density at radius 1 is 1.12 bits per heavy atom. The molecule has 1 aliphatic carbocycles. The second-order valence-electron chi connectivity index (χ2n) is 6.15. The summed E-state index contributed by atoms with van der Waals surface area (Å²) in [5.74, 6) is 0.177. The molecule has 2 aromatic carbocycles.